The first-order valence-corrected chi connectivity index (χ1v) is 8.74. The minimum atomic E-state index is -0.259. The number of piperazine rings is 1. The molecule has 0 bridgehead atoms. The standard InChI is InChI=1S/C16H27N3O4/c20-15(12-17-11-13-3-1-9-22-13)18-5-7-19(8-6-18)16(21)14-4-2-10-23-14/h13-14,17H,1-12H2. The Balaban J connectivity index is 1.34. The lowest BCUT2D eigenvalue weighted by molar-refractivity contribution is -0.145. The first-order valence-electron chi connectivity index (χ1n) is 8.74. The average Bonchev–Trinajstić information content (AvgIpc) is 3.28. The van der Waals surface area contributed by atoms with Gasteiger partial charge in [0.15, 0.2) is 0 Å². The van der Waals surface area contributed by atoms with Crippen molar-refractivity contribution in [2.75, 3.05) is 52.5 Å². The monoisotopic (exact) mass is 325 g/mol. The van der Waals surface area contributed by atoms with Crippen molar-refractivity contribution in [3.63, 3.8) is 0 Å². The molecule has 1 N–H and O–H groups in total. The first-order chi connectivity index (χ1) is 11.2. The maximum absolute atomic E-state index is 12.3. The van der Waals surface area contributed by atoms with Crippen molar-refractivity contribution < 1.29 is 19.1 Å². The molecule has 2 atom stereocenters. The summed E-state index contributed by atoms with van der Waals surface area (Å²) in [5, 5.41) is 3.19. The maximum Gasteiger partial charge on any atom is 0.251 e. The summed E-state index contributed by atoms with van der Waals surface area (Å²) in [6.45, 7) is 5.04. The van der Waals surface area contributed by atoms with Gasteiger partial charge in [-0.2, -0.15) is 0 Å². The normalized spacial score (nSPS) is 28.3. The van der Waals surface area contributed by atoms with Crippen LogP contribution in [0.3, 0.4) is 0 Å². The highest BCUT2D eigenvalue weighted by atomic mass is 16.5. The molecule has 3 rings (SSSR count). The van der Waals surface area contributed by atoms with Crippen LogP contribution in [0.1, 0.15) is 25.7 Å². The topological polar surface area (TPSA) is 71.1 Å². The molecule has 7 nitrogen and oxygen atoms in total. The van der Waals surface area contributed by atoms with E-state index in [1.54, 1.807) is 0 Å². The lowest BCUT2D eigenvalue weighted by atomic mass is 10.2. The Morgan fingerprint density at radius 1 is 0.957 bits per heavy atom. The highest BCUT2D eigenvalue weighted by molar-refractivity contribution is 5.82. The van der Waals surface area contributed by atoms with Crippen molar-refractivity contribution in [3.05, 3.63) is 0 Å². The van der Waals surface area contributed by atoms with Crippen molar-refractivity contribution in [1.82, 2.24) is 15.1 Å². The van der Waals surface area contributed by atoms with Crippen LogP contribution < -0.4 is 5.32 Å². The number of carbonyl (C=O) groups is 2. The van der Waals surface area contributed by atoms with Gasteiger partial charge in [0.25, 0.3) is 5.91 Å². The fourth-order valence-corrected chi connectivity index (χ4v) is 3.41. The number of hydrogen-bond donors (Lipinski definition) is 1. The Morgan fingerprint density at radius 2 is 1.65 bits per heavy atom. The lowest BCUT2D eigenvalue weighted by Gasteiger charge is -2.35. The maximum atomic E-state index is 12.3. The molecule has 0 aromatic rings. The molecule has 0 aromatic heterocycles. The van der Waals surface area contributed by atoms with Gasteiger partial charge in [-0.1, -0.05) is 0 Å². The SMILES string of the molecule is O=C(CNCC1CCCO1)N1CCN(C(=O)C2CCCO2)CC1. The summed E-state index contributed by atoms with van der Waals surface area (Å²) < 4.78 is 11.0. The largest absolute Gasteiger partial charge is 0.377 e. The zero-order valence-electron chi connectivity index (χ0n) is 13.7. The van der Waals surface area contributed by atoms with Crippen LogP contribution in [0.5, 0.6) is 0 Å². The van der Waals surface area contributed by atoms with Crippen LogP contribution in [-0.4, -0.2) is 86.3 Å². The lowest BCUT2D eigenvalue weighted by Crippen LogP contribution is -2.54. The zero-order valence-corrected chi connectivity index (χ0v) is 13.7. The quantitative estimate of drug-likeness (QED) is 0.745. The highest BCUT2D eigenvalue weighted by Gasteiger charge is 2.31. The molecule has 0 aromatic carbocycles. The minimum Gasteiger partial charge on any atom is -0.377 e. The molecule has 3 aliphatic rings. The molecular weight excluding hydrogens is 298 g/mol. The van der Waals surface area contributed by atoms with Crippen molar-refractivity contribution in [1.29, 1.82) is 0 Å². The van der Waals surface area contributed by atoms with Crippen LogP contribution >= 0.6 is 0 Å². The van der Waals surface area contributed by atoms with E-state index in [4.69, 9.17) is 9.47 Å². The molecule has 3 fully saturated rings. The van der Waals surface area contributed by atoms with Gasteiger partial charge in [0.05, 0.1) is 12.6 Å². The number of rotatable bonds is 5. The number of nitrogens with one attached hydrogen (secondary N) is 1. The number of hydrogen-bond acceptors (Lipinski definition) is 5. The van der Waals surface area contributed by atoms with Crippen LogP contribution in [0.2, 0.25) is 0 Å². The van der Waals surface area contributed by atoms with Crippen molar-refractivity contribution >= 4 is 11.8 Å². The first kappa shape index (κ1) is 16.7. The molecule has 2 unspecified atom stereocenters. The highest BCUT2D eigenvalue weighted by Crippen LogP contribution is 2.16. The van der Waals surface area contributed by atoms with Gasteiger partial charge in [-0.25, -0.2) is 0 Å². The average molecular weight is 325 g/mol. The third-order valence-electron chi connectivity index (χ3n) is 4.82. The second-order valence-electron chi connectivity index (χ2n) is 6.47. The minimum absolute atomic E-state index is 0.0890. The van der Waals surface area contributed by atoms with Gasteiger partial charge in [0.1, 0.15) is 6.10 Å². The molecule has 7 heteroatoms. The van der Waals surface area contributed by atoms with E-state index in [9.17, 15) is 9.59 Å². The fraction of sp³-hybridized carbons (Fsp3) is 0.875. The molecule has 23 heavy (non-hydrogen) atoms. The van der Waals surface area contributed by atoms with Crippen LogP contribution in [-0.2, 0) is 19.1 Å². The Hall–Kier alpha value is -1.18. The van der Waals surface area contributed by atoms with Gasteiger partial charge in [-0.3, -0.25) is 9.59 Å². The Morgan fingerprint density at radius 3 is 2.30 bits per heavy atom. The summed E-state index contributed by atoms with van der Waals surface area (Å²) in [4.78, 5) is 28.1. The molecule has 3 aliphatic heterocycles. The molecule has 3 heterocycles. The van der Waals surface area contributed by atoms with Crippen LogP contribution in [0.15, 0.2) is 0 Å². The van der Waals surface area contributed by atoms with Gasteiger partial charge < -0.3 is 24.6 Å². The van der Waals surface area contributed by atoms with Crippen molar-refractivity contribution in [2.24, 2.45) is 0 Å². The third kappa shape index (κ3) is 4.43. The Bertz CT molecular complexity index is 412. The van der Waals surface area contributed by atoms with E-state index < -0.39 is 0 Å². The van der Waals surface area contributed by atoms with E-state index in [2.05, 4.69) is 5.32 Å². The van der Waals surface area contributed by atoms with E-state index in [0.29, 0.717) is 39.3 Å². The molecule has 0 aliphatic carbocycles. The molecule has 3 saturated heterocycles. The van der Waals surface area contributed by atoms with Crippen LogP contribution in [0.25, 0.3) is 0 Å². The van der Waals surface area contributed by atoms with Crippen molar-refractivity contribution in [3.8, 4) is 0 Å². The summed E-state index contributed by atoms with van der Waals surface area (Å²) in [5.74, 6) is 0.193. The molecule has 0 radical (unpaired) electrons. The van der Waals surface area contributed by atoms with Gasteiger partial charge in [-0.05, 0) is 25.7 Å². The van der Waals surface area contributed by atoms with Gasteiger partial charge in [0.2, 0.25) is 5.91 Å². The summed E-state index contributed by atoms with van der Waals surface area (Å²) in [7, 11) is 0. The van der Waals surface area contributed by atoms with Crippen LogP contribution in [0, 0.1) is 0 Å². The van der Waals surface area contributed by atoms with E-state index in [-0.39, 0.29) is 24.0 Å². The predicted octanol–water partition coefficient (Wildman–Crippen LogP) is -0.395. The number of nitrogens with zero attached hydrogens (tertiary/aromatic N) is 2. The smallest absolute Gasteiger partial charge is 0.251 e. The number of carbonyl (C=O) groups excluding carboxylic acids is 2. The van der Waals surface area contributed by atoms with E-state index in [0.717, 1.165) is 38.8 Å². The Labute approximate surface area is 137 Å². The number of amides is 2. The third-order valence-corrected chi connectivity index (χ3v) is 4.82. The second-order valence-corrected chi connectivity index (χ2v) is 6.47. The second kappa shape index (κ2) is 8.08. The number of ether oxygens (including phenoxy) is 2. The van der Waals surface area contributed by atoms with Gasteiger partial charge in [0, 0.05) is 45.9 Å². The fourth-order valence-electron chi connectivity index (χ4n) is 3.41. The summed E-state index contributed by atoms with van der Waals surface area (Å²) in [5.41, 5.74) is 0. The summed E-state index contributed by atoms with van der Waals surface area (Å²) in [6.07, 6.45) is 3.97. The predicted molar refractivity (Wildman–Crippen MR) is 84.0 cm³/mol. The molecule has 2 amide bonds. The summed E-state index contributed by atoms with van der Waals surface area (Å²) >= 11 is 0. The molecule has 0 spiro atoms. The van der Waals surface area contributed by atoms with E-state index in [1.807, 2.05) is 9.80 Å². The van der Waals surface area contributed by atoms with Crippen molar-refractivity contribution in [2.45, 2.75) is 37.9 Å². The molecule has 130 valence electrons. The Kier molecular flexibility index (Phi) is 5.85. The van der Waals surface area contributed by atoms with Crippen LogP contribution in [0.4, 0.5) is 0 Å². The van der Waals surface area contributed by atoms with E-state index >= 15 is 0 Å². The van der Waals surface area contributed by atoms with E-state index in [1.165, 1.54) is 0 Å². The van der Waals surface area contributed by atoms with Gasteiger partial charge >= 0.3 is 0 Å². The van der Waals surface area contributed by atoms with Gasteiger partial charge in [-0.15, -0.1) is 0 Å². The summed E-state index contributed by atoms with van der Waals surface area (Å²) in [6, 6.07) is 0. The zero-order chi connectivity index (χ0) is 16.1. The molecule has 0 saturated carbocycles. The molecular formula is C16H27N3O4.